The van der Waals surface area contributed by atoms with E-state index in [-0.39, 0.29) is 11.4 Å². The first-order chi connectivity index (χ1) is 8.13. The predicted molar refractivity (Wildman–Crippen MR) is 61.4 cm³/mol. The fourth-order valence-electron chi connectivity index (χ4n) is 1.56. The van der Waals surface area contributed by atoms with Crippen molar-refractivity contribution in [1.29, 1.82) is 0 Å². The van der Waals surface area contributed by atoms with Crippen LogP contribution in [-0.2, 0) is 7.05 Å². The summed E-state index contributed by atoms with van der Waals surface area (Å²) in [6, 6.07) is 5.67. The molecular formula is C12H11FN2O2. The predicted octanol–water partition coefficient (Wildman–Crippen LogP) is 1.59. The van der Waals surface area contributed by atoms with Crippen LogP contribution in [0.5, 0.6) is 5.75 Å². The Labute approximate surface area is 97.3 Å². The minimum atomic E-state index is -0.349. The van der Waals surface area contributed by atoms with Crippen molar-refractivity contribution >= 4 is 0 Å². The Bertz CT molecular complexity index is 590. The molecule has 0 bridgehead atoms. The molecule has 2 aromatic rings. The maximum Gasteiger partial charge on any atom is 0.278 e. The summed E-state index contributed by atoms with van der Waals surface area (Å²) >= 11 is 0. The Morgan fingerprint density at radius 1 is 1.29 bits per heavy atom. The van der Waals surface area contributed by atoms with E-state index in [1.165, 1.54) is 42.3 Å². The van der Waals surface area contributed by atoms with Crippen LogP contribution >= 0.6 is 0 Å². The van der Waals surface area contributed by atoms with Crippen LogP contribution in [0.2, 0.25) is 0 Å². The van der Waals surface area contributed by atoms with Gasteiger partial charge in [0.15, 0.2) is 5.75 Å². The highest BCUT2D eigenvalue weighted by atomic mass is 19.1. The standard InChI is InChI=1S/C12H11FN2O2/c1-15-12(16)11(10(17-2)7-14-15)8-3-5-9(13)6-4-8/h3-7H,1-2H3. The number of ether oxygens (including phenoxy) is 1. The normalized spacial score (nSPS) is 10.3. The largest absolute Gasteiger partial charge is 0.494 e. The number of aromatic nitrogens is 2. The first-order valence-corrected chi connectivity index (χ1v) is 4.99. The molecule has 1 heterocycles. The number of benzene rings is 1. The number of hydrogen-bond donors (Lipinski definition) is 0. The van der Waals surface area contributed by atoms with E-state index < -0.39 is 0 Å². The summed E-state index contributed by atoms with van der Waals surface area (Å²) in [5.74, 6) is 0.0262. The van der Waals surface area contributed by atoms with Gasteiger partial charge in [0.05, 0.1) is 18.9 Å². The van der Waals surface area contributed by atoms with Gasteiger partial charge in [-0.15, -0.1) is 0 Å². The molecule has 0 N–H and O–H groups in total. The minimum absolute atomic E-state index is 0.282. The van der Waals surface area contributed by atoms with E-state index in [0.717, 1.165) is 0 Å². The molecule has 0 atom stereocenters. The Kier molecular flexibility index (Phi) is 2.91. The van der Waals surface area contributed by atoms with Gasteiger partial charge in [0.2, 0.25) is 0 Å². The summed E-state index contributed by atoms with van der Waals surface area (Å²) < 4.78 is 19.1. The van der Waals surface area contributed by atoms with Crippen molar-refractivity contribution in [3.05, 3.63) is 46.6 Å². The highest BCUT2D eigenvalue weighted by Gasteiger charge is 2.12. The lowest BCUT2D eigenvalue weighted by Crippen LogP contribution is -2.21. The molecular weight excluding hydrogens is 223 g/mol. The monoisotopic (exact) mass is 234 g/mol. The summed E-state index contributed by atoms with van der Waals surface area (Å²) in [7, 11) is 3.01. The highest BCUT2D eigenvalue weighted by Crippen LogP contribution is 2.25. The summed E-state index contributed by atoms with van der Waals surface area (Å²) in [4.78, 5) is 12.0. The second kappa shape index (κ2) is 4.37. The van der Waals surface area contributed by atoms with Crippen LogP contribution < -0.4 is 10.3 Å². The van der Waals surface area contributed by atoms with Gasteiger partial charge in [-0.3, -0.25) is 4.79 Å². The molecule has 5 heteroatoms. The Morgan fingerprint density at radius 3 is 2.53 bits per heavy atom. The summed E-state index contributed by atoms with van der Waals surface area (Å²) in [6.07, 6.45) is 1.46. The van der Waals surface area contributed by atoms with Gasteiger partial charge < -0.3 is 4.74 Å². The smallest absolute Gasteiger partial charge is 0.278 e. The van der Waals surface area contributed by atoms with Crippen LogP contribution in [0, 0.1) is 5.82 Å². The number of rotatable bonds is 2. The van der Waals surface area contributed by atoms with Crippen molar-refractivity contribution in [1.82, 2.24) is 9.78 Å². The van der Waals surface area contributed by atoms with Crippen LogP contribution in [0.4, 0.5) is 4.39 Å². The fraction of sp³-hybridized carbons (Fsp3) is 0.167. The van der Waals surface area contributed by atoms with Gasteiger partial charge in [0.25, 0.3) is 5.56 Å². The molecule has 0 radical (unpaired) electrons. The lowest BCUT2D eigenvalue weighted by atomic mass is 10.1. The SMILES string of the molecule is COc1cnn(C)c(=O)c1-c1ccc(F)cc1. The van der Waals surface area contributed by atoms with Crippen LogP contribution in [0.15, 0.2) is 35.3 Å². The molecule has 0 aliphatic heterocycles. The Balaban J connectivity index is 2.69. The van der Waals surface area contributed by atoms with Crippen molar-refractivity contribution < 1.29 is 9.13 Å². The van der Waals surface area contributed by atoms with Crippen LogP contribution in [0.25, 0.3) is 11.1 Å². The molecule has 1 aromatic carbocycles. The number of halogens is 1. The summed E-state index contributed by atoms with van der Waals surface area (Å²) in [6.45, 7) is 0. The molecule has 1 aromatic heterocycles. The second-order valence-corrected chi connectivity index (χ2v) is 3.52. The van der Waals surface area contributed by atoms with Crippen molar-refractivity contribution in [2.75, 3.05) is 7.11 Å². The molecule has 0 saturated carbocycles. The molecule has 88 valence electrons. The molecule has 0 aliphatic rings. The molecule has 17 heavy (non-hydrogen) atoms. The van der Waals surface area contributed by atoms with Gasteiger partial charge in [0.1, 0.15) is 5.82 Å². The third-order valence-electron chi connectivity index (χ3n) is 2.46. The minimum Gasteiger partial charge on any atom is -0.494 e. The summed E-state index contributed by atoms with van der Waals surface area (Å²) in [5.41, 5.74) is 0.701. The zero-order chi connectivity index (χ0) is 12.4. The third kappa shape index (κ3) is 2.04. The van der Waals surface area contributed by atoms with Gasteiger partial charge >= 0.3 is 0 Å². The zero-order valence-corrected chi connectivity index (χ0v) is 9.48. The topological polar surface area (TPSA) is 44.1 Å². The van der Waals surface area contributed by atoms with Crippen LogP contribution in [0.1, 0.15) is 0 Å². The lowest BCUT2D eigenvalue weighted by Gasteiger charge is -2.08. The van der Waals surface area contributed by atoms with Gasteiger partial charge in [0, 0.05) is 7.05 Å². The van der Waals surface area contributed by atoms with E-state index in [1.807, 2.05) is 0 Å². The maximum absolute atomic E-state index is 12.8. The average molecular weight is 234 g/mol. The molecule has 4 nitrogen and oxygen atoms in total. The first-order valence-electron chi connectivity index (χ1n) is 4.99. The number of methoxy groups -OCH3 is 1. The first kappa shape index (κ1) is 11.3. The quantitative estimate of drug-likeness (QED) is 0.792. The molecule has 2 rings (SSSR count). The van der Waals surface area contributed by atoms with Crippen molar-refractivity contribution in [2.24, 2.45) is 7.05 Å². The zero-order valence-electron chi connectivity index (χ0n) is 9.48. The average Bonchev–Trinajstić information content (AvgIpc) is 2.34. The number of aryl methyl sites for hydroxylation is 1. The van der Waals surface area contributed by atoms with Gasteiger partial charge in [-0.05, 0) is 17.7 Å². The van der Waals surface area contributed by atoms with E-state index in [0.29, 0.717) is 16.9 Å². The van der Waals surface area contributed by atoms with E-state index >= 15 is 0 Å². The van der Waals surface area contributed by atoms with Crippen LogP contribution in [0.3, 0.4) is 0 Å². The number of hydrogen-bond acceptors (Lipinski definition) is 3. The Hall–Kier alpha value is -2.17. The van der Waals surface area contributed by atoms with Crippen LogP contribution in [-0.4, -0.2) is 16.9 Å². The van der Waals surface area contributed by atoms with E-state index in [4.69, 9.17) is 4.74 Å². The molecule has 0 saturated heterocycles. The molecule has 0 spiro atoms. The third-order valence-corrected chi connectivity index (χ3v) is 2.46. The molecule has 0 fully saturated rings. The summed E-state index contributed by atoms with van der Waals surface area (Å²) in [5, 5.41) is 3.86. The van der Waals surface area contributed by atoms with E-state index in [2.05, 4.69) is 5.10 Å². The van der Waals surface area contributed by atoms with Gasteiger partial charge in [-0.2, -0.15) is 5.10 Å². The lowest BCUT2D eigenvalue weighted by molar-refractivity contribution is 0.410. The molecule has 0 unspecified atom stereocenters. The Morgan fingerprint density at radius 2 is 1.94 bits per heavy atom. The van der Waals surface area contributed by atoms with Crippen molar-refractivity contribution in [3.8, 4) is 16.9 Å². The second-order valence-electron chi connectivity index (χ2n) is 3.52. The van der Waals surface area contributed by atoms with E-state index in [1.54, 1.807) is 7.05 Å². The number of nitrogens with zero attached hydrogens (tertiary/aromatic N) is 2. The van der Waals surface area contributed by atoms with Crippen molar-refractivity contribution in [3.63, 3.8) is 0 Å². The molecule has 0 amide bonds. The maximum atomic E-state index is 12.8. The van der Waals surface area contributed by atoms with Gasteiger partial charge in [-0.25, -0.2) is 9.07 Å². The molecule has 0 aliphatic carbocycles. The van der Waals surface area contributed by atoms with E-state index in [9.17, 15) is 9.18 Å². The van der Waals surface area contributed by atoms with Gasteiger partial charge in [-0.1, -0.05) is 12.1 Å². The fourth-order valence-corrected chi connectivity index (χ4v) is 1.56. The van der Waals surface area contributed by atoms with Crippen molar-refractivity contribution in [2.45, 2.75) is 0 Å². The highest BCUT2D eigenvalue weighted by molar-refractivity contribution is 5.68.